The van der Waals surface area contributed by atoms with Crippen LogP contribution >= 0.6 is 0 Å². The van der Waals surface area contributed by atoms with Crippen molar-refractivity contribution in [2.45, 2.75) is 79.1 Å². The molecule has 0 saturated heterocycles. The second kappa shape index (κ2) is 18.2. The third kappa shape index (κ3) is 11.4. The number of unbranched alkanes of at least 4 members (excludes halogenated alkanes) is 4. The highest BCUT2D eigenvalue weighted by molar-refractivity contribution is 5.96. The van der Waals surface area contributed by atoms with Gasteiger partial charge in [0.05, 0.1) is 24.3 Å². The Morgan fingerprint density at radius 3 is 1.28 bits per heavy atom. The first-order valence-electron chi connectivity index (χ1n) is 17.0. The van der Waals surface area contributed by atoms with E-state index in [-0.39, 0.29) is 11.9 Å². The van der Waals surface area contributed by atoms with Crippen molar-refractivity contribution >= 4 is 33.5 Å². The van der Waals surface area contributed by atoms with Crippen LogP contribution in [-0.4, -0.2) is 38.4 Å². The molecule has 6 heteroatoms. The summed E-state index contributed by atoms with van der Waals surface area (Å²) in [6, 6.07) is 22.8. The summed E-state index contributed by atoms with van der Waals surface area (Å²) in [6.07, 6.45) is 8.73. The molecule has 4 aromatic rings. The molecule has 0 bridgehead atoms. The van der Waals surface area contributed by atoms with Crippen LogP contribution in [0, 0.1) is 11.8 Å². The average Bonchev–Trinajstić information content (AvgIpc) is 3.05. The lowest BCUT2D eigenvalue weighted by Gasteiger charge is -2.11. The Kier molecular flexibility index (Phi) is 13.8. The van der Waals surface area contributed by atoms with Crippen molar-refractivity contribution in [3.63, 3.8) is 0 Å². The molecule has 246 valence electrons. The standard InChI is InChI=1S/C40H50O6/c1-29(2)11-7-5-9-21-45-39(41)35-15-13-33-27-37(19-17-31(33)25-35)43-23-24-44-38-20-18-32-26-36(16-14-34(32)28-38)40(42)46-22-10-6-8-12-30(3)4/h13-20,25-30H,5-12,21-24H2,1-4H3. The Labute approximate surface area is 274 Å². The van der Waals surface area contributed by atoms with Gasteiger partial charge in [-0.3, -0.25) is 0 Å². The van der Waals surface area contributed by atoms with E-state index in [2.05, 4.69) is 27.7 Å². The topological polar surface area (TPSA) is 71.1 Å². The molecule has 0 saturated carbocycles. The first-order valence-corrected chi connectivity index (χ1v) is 17.0. The minimum Gasteiger partial charge on any atom is -0.490 e. The first kappa shape index (κ1) is 34.8. The zero-order valence-electron chi connectivity index (χ0n) is 28.0. The number of carbonyl (C=O) groups excluding carboxylic acids is 2. The van der Waals surface area contributed by atoms with Crippen LogP contribution in [0.3, 0.4) is 0 Å². The monoisotopic (exact) mass is 626 g/mol. The second-order valence-electron chi connectivity index (χ2n) is 12.9. The van der Waals surface area contributed by atoms with Gasteiger partial charge in [-0.1, -0.05) is 90.5 Å². The molecular formula is C40H50O6. The fraction of sp³-hybridized carbons (Fsp3) is 0.450. The van der Waals surface area contributed by atoms with Gasteiger partial charge in [0.2, 0.25) is 0 Å². The molecule has 0 fully saturated rings. The number of ether oxygens (including phenoxy) is 4. The highest BCUT2D eigenvalue weighted by Gasteiger charge is 2.10. The number of carbonyl (C=O) groups is 2. The maximum atomic E-state index is 12.5. The summed E-state index contributed by atoms with van der Waals surface area (Å²) in [5.41, 5.74) is 1.12. The first-order chi connectivity index (χ1) is 22.3. The Morgan fingerprint density at radius 2 is 0.870 bits per heavy atom. The fourth-order valence-electron chi connectivity index (χ4n) is 5.36. The number of rotatable bonds is 19. The average molecular weight is 627 g/mol. The van der Waals surface area contributed by atoms with Gasteiger partial charge in [-0.25, -0.2) is 9.59 Å². The normalized spacial score (nSPS) is 11.3. The number of hydrogen-bond donors (Lipinski definition) is 0. The molecule has 0 heterocycles. The van der Waals surface area contributed by atoms with Crippen molar-refractivity contribution in [2.75, 3.05) is 26.4 Å². The molecule has 4 rings (SSSR count). The number of fused-ring (bicyclic) bond motifs is 2. The second-order valence-corrected chi connectivity index (χ2v) is 12.9. The molecule has 6 nitrogen and oxygen atoms in total. The molecule has 4 aromatic carbocycles. The van der Waals surface area contributed by atoms with Gasteiger partial charge >= 0.3 is 11.9 Å². The van der Waals surface area contributed by atoms with Crippen molar-refractivity contribution < 1.29 is 28.5 Å². The fourth-order valence-corrected chi connectivity index (χ4v) is 5.36. The Balaban J connectivity index is 1.19. The van der Waals surface area contributed by atoms with Gasteiger partial charge < -0.3 is 18.9 Å². The number of esters is 2. The molecule has 0 unspecified atom stereocenters. The summed E-state index contributed by atoms with van der Waals surface area (Å²) in [4.78, 5) is 25.0. The van der Waals surface area contributed by atoms with Crippen LogP contribution in [0.15, 0.2) is 72.8 Å². The lowest BCUT2D eigenvalue weighted by atomic mass is 10.1. The van der Waals surface area contributed by atoms with E-state index in [0.717, 1.165) is 58.7 Å². The summed E-state index contributed by atoms with van der Waals surface area (Å²) in [6.45, 7) is 10.6. The molecule has 0 amide bonds. The third-order valence-electron chi connectivity index (χ3n) is 8.03. The van der Waals surface area contributed by atoms with Gasteiger partial charge in [0.25, 0.3) is 0 Å². The lowest BCUT2D eigenvalue weighted by Crippen LogP contribution is -2.09. The van der Waals surface area contributed by atoms with E-state index in [4.69, 9.17) is 18.9 Å². The largest absolute Gasteiger partial charge is 0.490 e. The molecule has 0 spiro atoms. The van der Waals surface area contributed by atoms with Gasteiger partial charge in [0.15, 0.2) is 0 Å². The zero-order valence-corrected chi connectivity index (χ0v) is 28.0. The quantitative estimate of drug-likeness (QED) is 0.0762. The molecular weight excluding hydrogens is 576 g/mol. The van der Waals surface area contributed by atoms with E-state index in [9.17, 15) is 9.59 Å². The van der Waals surface area contributed by atoms with Crippen LogP contribution in [0.25, 0.3) is 21.5 Å². The van der Waals surface area contributed by atoms with Crippen LogP contribution in [0.1, 0.15) is 99.8 Å². The Hall–Kier alpha value is -4.06. The van der Waals surface area contributed by atoms with Crippen LogP contribution < -0.4 is 9.47 Å². The minimum absolute atomic E-state index is 0.280. The predicted octanol–water partition coefficient (Wildman–Crippen LogP) is 10.2. The highest BCUT2D eigenvalue weighted by Crippen LogP contribution is 2.24. The third-order valence-corrected chi connectivity index (χ3v) is 8.03. The zero-order chi connectivity index (χ0) is 32.7. The van der Waals surface area contributed by atoms with E-state index in [0.29, 0.717) is 49.4 Å². The number of benzene rings is 4. The van der Waals surface area contributed by atoms with E-state index in [1.54, 1.807) is 12.1 Å². The lowest BCUT2D eigenvalue weighted by molar-refractivity contribution is 0.0488. The molecule has 46 heavy (non-hydrogen) atoms. The molecule has 0 radical (unpaired) electrons. The van der Waals surface area contributed by atoms with Gasteiger partial charge in [0.1, 0.15) is 24.7 Å². The van der Waals surface area contributed by atoms with Crippen molar-refractivity contribution in [2.24, 2.45) is 11.8 Å². The summed E-state index contributed by atoms with van der Waals surface area (Å²) in [7, 11) is 0. The summed E-state index contributed by atoms with van der Waals surface area (Å²) >= 11 is 0. The van der Waals surface area contributed by atoms with Gasteiger partial charge in [0, 0.05) is 0 Å². The van der Waals surface area contributed by atoms with Crippen LogP contribution in [0.5, 0.6) is 11.5 Å². The molecule has 0 aliphatic heterocycles. The minimum atomic E-state index is -0.280. The van der Waals surface area contributed by atoms with Crippen molar-refractivity contribution in [3.8, 4) is 11.5 Å². The van der Waals surface area contributed by atoms with Crippen LogP contribution in [0.4, 0.5) is 0 Å². The van der Waals surface area contributed by atoms with Gasteiger partial charge in [-0.05, 0) is 94.8 Å². The van der Waals surface area contributed by atoms with Crippen molar-refractivity contribution in [3.05, 3.63) is 83.9 Å². The van der Waals surface area contributed by atoms with Crippen molar-refractivity contribution in [1.82, 2.24) is 0 Å². The molecule has 0 aliphatic rings. The maximum absolute atomic E-state index is 12.5. The molecule has 0 atom stereocenters. The maximum Gasteiger partial charge on any atom is 0.338 e. The number of hydrogen-bond acceptors (Lipinski definition) is 6. The van der Waals surface area contributed by atoms with E-state index in [1.165, 1.54) is 25.7 Å². The SMILES string of the molecule is CC(C)CCCCCOC(=O)c1ccc2cc(OCCOc3ccc4cc(C(=O)OCCCCCC(C)C)ccc4c3)ccc2c1. The van der Waals surface area contributed by atoms with Crippen molar-refractivity contribution in [1.29, 1.82) is 0 Å². The van der Waals surface area contributed by atoms with Crippen LogP contribution in [-0.2, 0) is 9.47 Å². The molecule has 0 aromatic heterocycles. The molecule has 0 aliphatic carbocycles. The summed E-state index contributed by atoms with van der Waals surface area (Å²) < 4.78 is 22.8. The van der Waals surface area contributed by atoms with Gasteiger partial charge in [-0.15, -0.1) is 0 Å². The van der Waals surface area contributed by atoms with Gasteiger partial charge in [-0.2, -0.15) is 0 Å². The van der Waals surface area contributed by atoms with E-state index < -0.39 is 0 Å². The van der Waals surface area contributed by atoms with Crippen LogP contribution in [0.2, 0.25) is 0 Å². The Morgan fingerprint density at radius 1 is 0.478 bits per heavy atom. The Bertz CT molecular complexity index is 1440. The molecule has 0 N–H and O–H groups in total. The van der Waals surface area contributed by atoms with E-state index >= 15 is 0 Å². The highest BCUT2D eigenvalue weighted by atomic mass is 16.5. The summed E-state index contributed by atoms with van der Waals surface area (Å²) in [5, 5.41) is 3.89. The smallest absolute Gasteiger partial charge is 0.338 e. The van der Waals surface area contributed by atoms with E-state index in [1.807, 2.05) is 60.7 Å². The predicted molar refractivity (Wildman–Crippen MR) is 186 cm³/mol. The summed E-state index contributed by atoms with van der Waals surface area (Å²) in [5.74, 6) is 2.34.